The molecule has 0 aliphatic carbocycles. The van der Waals surface area contributed by atoms with E-state index in [-0.39, 0.29) is 0 Å². The van der Waals surface area contributed by atoms with Crippen LogP contribution in [0.15, 0.2) is 28.5 Å². The van der Waals surface area contributed by atoms with Crippen molar-refractivity contribution >= 4 is 16.9 Å². The molecule has 13 heavy (non-hydrogen) atoms. The summed E-state index contributed by atoms with van der Waals surface area (Å²) in [5.41, 5.74) is 2.32. The van der Waals surface area contributed by atoms with E-state index in [0.717, 1.165) is 10.5 Å². The highest BCUT2D eigenvalue weighted by atomic mass is 32.2. The van der Waals surface area contributed by atoms with Crippen LogP contribution in [-0.4, -0.2) is 4.21 Å². The maximum Gasteiger partial charge on any atom is 0.0785 e. The van der Waals surface area contributed by atoms with Crippen molar-refractivity contribution in [2.24, 2.45) is 0 Å². The van der Waals surface area contributed by atoms with E-state index >= 15 is 0 Å². The Morgan fingerprint density at radius 1 is 1.31 bits per heavy atom. The van der Waals surface area contributed by atoms with E-state index in [4.69, 9.17) is 0 Å². The molecule has 2 rings (SSSR count). The van der Waals surface area contributed by atoms with Gasteiger partial charge in [0.15, 0.2) is 0 Å². The minimum atomic E-state index is -0.910. The first-order valence-corrected chi connectivity index (χ1v) is 5.63. The molecule has 1 heterocycles. The first-order valence-electron chi connectivity index (χ1n) is 4.42. The molecule has 1 unspecified atom stereocenters. The second kappa shape index (κ2) is 3.11. The van der Waals surface area contributed by atoms with Gasteiger partial charge in [-0.1, -0.05) is 32.0 Å². The van der Waals surface area contributed by atoms with Crippen LogP contribution in [0.3, 0.4) is 0 Å². The first-order chi connectivity index (χ1) is 6.20. The Labute approximate surface area is 80.9 Å². The van der Waals surface area contributed by atoms with Crippen molar-refractivity contribution in [3.05, 3.63) is 34.7 Å². The van der Waals surface area contributed by atoms with Gasteiger partial charge in [-0.15, -0.1) is 0 Å². The van der Waals surface area contributed by atoms with Gasteiger partial charge in [-0.2, -0.15) is 0 Å². The fourth-order valence-corrected chi connectivity index (χ4v) is 2.91. The summed E-state index contributed by atoms with van der Waals surface area (Å²) in [7, 11) is -0.910. The largest absolute Gasteiger partial charge is 0.250 e. The van der Waals surface area contributed by atoms with E-state index in [1.807, 2.05) is 18.2 Å². The van der Waals surface area contributed by atoms with Crippen molar-refractivity contribution < 1.29 is 4.21 Å². The van der Waals surface area contributed by atoms with Crippen LogP contribution < -0.4 is 0 Å². The minimum Gasteiger partial charge on any atom is -0.250 e. The second-order valence-corrected chi connectivity index (χ2v) is 4.80. The van der Waals surface area contributed by atoms with Crippen molar-refractivity contribution in [3.63, 3.8) is 0 Å². The van der Waals surface area contributed by atoms with Crippen LogP contribution >= 0.6 is 0 Å². The lowest BCUT2D eigenvalue weighted by atomic mass is 10.0. The minimum absolute atomic E-state index is 0.443. The van der Waals surface area contributed by atoms with Crippen LogP contribution in [0.4, 0.5) is 0 Å². The number of benzene rings is 1. The van der Waals surface area contributed by atoms with Crippen LogP contribution in [0.5, 0.6) is 0 Å². The number of fused-ring (bicyclic) bond motifs is 1. The van der Waals surface area contributed by atoms with Gasteiger partial charge in [0.05, 0.1) is 15.7 Å². The van der Waals surface area contributed by atoms with Crippen molar-refractivity contribution in [1.29, 1.82) is 0 Å². The summed E-state index contributed by atoms with van der Waals surface area (Å²) in [5.74, 6) is 0.443. The smallest absolute Gasteiger partial charge is 0.0785 e. The summed E-state index contributed by atoms with van der Waals surface area (Å²) in [6, 6.07) is 6.11. The normalized spacial score (nSPS) is 19.5. The molecular weight excluding hydrogens is 180 g/mol. The number of hydrogen-bond acceptors (Lipinski definition) is 1. The fourth-order valence-electron chi connectivity index (χ4n) is 1.59. The highest BCUT2D eigenvalue weighted by Gasteiger charge is 2.17. The summed E-state index contributed by atoms with van der Waals surface area (Å²) in [4.78, 5) is 1.01. The molecule has 1 aliphatic rings. The van der Waals surface area contributed by atoms with Crippen LogP contribution in [0.25, 0.3) is 6.08 Å². The van der Waals surface area contributed by atoms with E-state index in [1.165, 1.54) is 5.56 Å². The third kappa shape index (κ3) is 1.35. The van der Waals surface area contributed by atoms with Crippen LogP contribution in [0, 0.1) is 0 Å². The first kappa shape index (κ1) is 8.70. The van der Waals surface area contributed by atoms with Gasteiger partial charge in [0.25, 0.3) is 0 Å². The monoisotopic (exact) mass is 192 g/mol. The van der Waals surface area contributed by atoms with E-state index in [1.54, 1.807) is 5.41 Å². The third-order valence-electron chi connectivity index (χ3n) is 2.27. The standard InChI is InChI=1S/C11H12OS/c1-8(2)10-5-3-4-9-6-7-13(12)11(9)10/h3-8H,1-2H3. The maximum atomic E-state index is 11.6. The van der Waals surface area contributed by atoms with Crippen molar-refractivity contribution in [2.45, 2.75) is 24.7 Å². The molecule has 68 valence electrons. The molecule has 0 fully saturated rings. The van der Waals surface area contributed by atoms with Crippen molar-refractivity contribution in [3.8, 4) is 0 Å². The SMILES string of the molecule is CC(C)c1cccc2c1S(=O)C=C2. The Balaban J connectivity index is 2.64. The average Bonchev–Trinajstić information content (AvgIpc) is 2.48. The highest BCUT2D eigenvalue weighted by Crippen LogP contribution is 2.31. The summed E-state index contributed by atoms with van der Waals surface area (Å²) in [6.07, 6.45) is 1.94. The summed E-state index contributed by atoms with van der Waals surface area (Å²) in [5, 5.41) is 1.76. The van der Waals surface area contributed by atoms with Gasteiger partial charge in [-0.25, -0.2) is 4.21 Å². The topological polar surface area (TPSA) is 17.1 Å². The van der Waals surface area contributed by atoms with E-state index < -0.39 is 10.8 Å². The van der Waals surface area contributed by atoms with Crippen LogP contribution in [0.2, 0.25) is 0 Å². The lowest BCUT2D eigenvalue weighted by Gasteiger charge is -2.10. The number of rotatable bonds is 1. The Morgan fingerprint density at radius 3 is 2.77 bits per heavy atom. The third-order valence-corrected chi connectivity index (χ3v) is 3.53. The lowest BCUT2D eigenvalue weighted by molar-refractivity contribution is 0.686. The molecule has 1 aromatic rings. The predicted molar refractivity (Wildman–Crippen MR) is 56.0 cm³/mol. The van der Waals surface area contributed by atoms with Gasteiger partial charge in [0, 0.05) is 5.41 Å². The maximum absolute atomic E-state index is 11.6. The predicted octanol–water partition coefficient (Wildman–Crippen LogP) is 2.90. The summed E-state index contributed by atoms with van der Waals surface area (Å²) < 4.78 is 11.6. The fraction of sp³-hybridized carbons (Fsp3) is 0.273. The number of hydrogen-bond donors (Lipinski definition) is 0. The van der Waals surface area contributed by atoms with E-state index in [9.17, 15) is 4.21 Å². The van der Waals surface area contributed by atoms with Gasteiger partial charge in [0.2, 0.25) is 0 Å². The highest BCUT2D eigenvalue weighted by molar-refractivity contribution is 7.88. The summed E-state index contributed by atoms with van der Waals surface area (Å²) in [6.45, 7) is 4.26. The van der Waals surface area contributed by atoms with Crippen molar-refractivity contribution in [1.82, 2.24) is 0 Å². The molecule has 0 bridgehead atoms. The zero-order valence-corrected chi connectivity index (χ0v) is 8.60. The zero-order valence-electron chi connectivity index (χ0n) is 7.78. The zero-order chi connectivity index (χ0) is 9.42. The van der Waals surface area contributed by atoms with Crippen LogP contribution in [0.1, 0.15) is 30.9 Å². The Kier molecular flexibility index (Phi) is 2.08. The Bertz CT molecular complexity index is 391. The molecule has 2 heteroatoms. The molecule has 0 N–H and O–H groups in total. The Morgan fingerprint density at radius 2 is 2.08 bits per heavy atom. The van der Waals surface area contributed by atoms with Gasteiger partial charge in [-0.05, 0) is 23.1 Å². The molecule has 1 aromatic carbocycles. The molecule has 0 spiro atoms. The van der Waals surface area contributed by atoms with Gasteiger partial charge < -0.3 is 0 Å². The Hall–Kier alpha value is -0.890. The van der Waals surface area contributed by atoms with Crippen LogP contribution in [-0.2, 0) is 10.8 Å². The van der Waals surface area contributed by atoms with Gasteiger partial charge in [-0.3, -0.25) is 0 Å². The molecule has 1 nitrogen and oxygen atoms in total. The second-order valence-electron chi connectivity index (χ2n) is 3.52. The summed E-state index contributed by atoms with van der Waals surface area (Å²) >= 11 is 0. The van der Waals surface area contributed by atoms with E-state index in [0.29, 0.717) is 5.92 Å². The average molecular weight is 192 g/mol. The molecule has 0 amide bonds. The van der Waals surface area contributed by atoms with Crippen molar-refractivity contribution in [2.75, 3.05) is 0 Å². The van der Waals surface area contributed by atoms with E-state index in [2.05, 4.69) is 19.9 Å². The van der Waals surface area contributed by atoms with Gasteiger partial charge >= 0.3 is 0 Å². The molecule has 1 atom stereocenters. The molecule has 0 aromatic heterocycles. The molecule has 1 aliphatic heterocycles. The molecule has 0 saturated heterocycles. The van der Waals surface area contributed by atoms with Gasteiger partial charge in [0.1, 0.15) is 0 Å². The quantitative estimate of drug-likeness (QED) is 0.668. The lowest BCUT2D eigenvalue weighted by Crippen LogP contribution is -1.96. The molecule has 0 radical (unpaired) electrons. The molecule has 0 saturated carbocycles. The molecular formula is C11H12OS.